The molecule has 1 spiro atoms. The van der Waals surface area contributed by atoms with E-state index in [1.165, 1.54) is 0 Å². The summed E-state index contributed by atoms with van der Waals surface area (Å²) in [5.74, 6) is -0.214. The van der Waals surface area contributed by atoms with Gasteiger partial charge in [-0.3, -0.25) is 9.59 Å². The highest BCUT2D eigenvalue weighted by Gasteiger charge is 2.65. The van der Waals surface area contributed by atoms with Gasteiger partial charge in [-0.15, -0.1) is 0 Å². The Morgan fingerprint density at radius 1 is 1.12 bits per heavy atom. The van der Waals surface area contributed by atoms with Crippen LogP contribution in [0.5, 0.6) is 0 Å². The number of aliphatic hydroxyl groups is 1. The highest BCUT2D eigenvalue weighted by molar-refractivity contribution is 6.71. The maximum absolute atomic E-state index is 14.1. The van der Waals surface area contributed by atoms with Crippen LogP contribution in [0.15, 0.2) is 48.5 Å². The summed E-state index contributed by atoms with van der Waals surface area (Å²) < 4.78 is 6.57. The lowest BCUT2D eigenvalue weighted by atomic mass is 9.82. The van der Waals surface area contributed by atoms with Crippen LogP contribution in [-0.2, 0) is 26.5 Å². The number of carbonyl (C=O) groups excluding carboxylic acids is 2. The molecule has 3 heterocycles. The van der Waals surface area contributed by atoms with Crippen molar-refractivity contribution in [2.75, 3.05) is 23.0 Å². The molecule has 3 aliphatic rings. The molecule has 4 atom stereocenters. The Morgan fingerprint density at radius 2 is 1.82 bits per heavy atom. The zero-order valence-corrected chi connectivity index (χ0v) is 20.9. The van der Waals surface area contributed by atoms with E-state index in [-0.39, 0.29) is 36.0 Å². The van der Waals surface area contributed by atoms with Crippen LogP contribution in [0.1, 0.15) is 30.9 Å². The lowest BCUT2D eigenvalue weighted by Crippen LogP contribution is -2.46. The average molecular weight is 481 g/mol. The highest BCUT2D eigenvalue weighted by Crippen LogP contribution is 2.59. The van der Waals surface area contributed by atoms with Gasteiger partial charge in [0.15, 0.2) is 13.9 Å². The maximum Gasteiger partial charge on any atom is 0.264 e. The third-order valence-corrected chi connectivity index (χ3v) is 10.2. The first kappa shape index (κ1) is 23.2. The van der Waals surface area contributed by atoms with Gasteiger partial charge in [-0.2, -0.15) is 0 Å². The molecular weight excluding hydrogens is 448 g/mol. The zero-order chi connectivity index (χ0) is 24.3. The molecule has 2 saturated heterocycles. The molecule has 2 amide bonds. The van der Waals surface area contributed by atoms with Crippen molar-refractivity contribution in [1.29, 1.82) is 0 Å². The number of benzene rings is 2. The Bertz CT molecular complexity index is 1110. The van der Waals surface area contributed by atoms with Crippen molar-refractivity contribution in [1.82, 2.24) is 0 Å². The number of anilines is 2. The molecule has 0 saturated carbocycles. The quantitative estimate of drug-likeness (QED) is 0.490. The lowest BCUT2D eigenvalue weighted by Gasteiger charge is -2.32. The van der Waals surface area contributed by atoms with Crippen molar-refractivity contribution in [2.24, 2.45) is 5.92 Å². The Morgan fingerprint density at radius 3 is 2.41 bits per heavy atom. The van der Waals surface area contributed by atoms with Crippen molar-refractivity contribution in [3.63, 3.8) is 0 Å². The number of hydrogen-bond acceptors (Lipinski definition) is 5. The first-order valence-corrected chi connectivity index (χ1v) is 15.0. The number of carbonyl (C=O) groups is 2. The Kier molecular flexibility index (Phi) is 5.67. The summed E-state index contributed by atoms with van der Waals surface area (Å²) in [5.41, 5.74) is 2.15. The summed E-state index contributed by atoms with van der Waals surface area (Å²) in [6.45, 7) is 6.85. The van der Waals surface area contributed by atoms with Crippen LogP contribution < -0.4 is 9.80 Å². The number of aliphatic hydroxyl groups excluding tert-OH is 1. The normalized spacial score (nSPS) is 28.6. The van der Waals surface area contributed by atoms with Crippen molar-refractivity contribution in [2.45, 2.75) is 56.7 Å². The first-order chi connectivity index (χ1) is 16.2. The van der Waals surface area contributed by atoms with Gasteiger partial charge in [0, 0.05) is 42.3 Å². The van der Waals surface area contributed by atoms with E-state index in [0.717, 1.165) is 29.0 Å². The van der Waals surface area contributed by atoms with Crippen LogP contribution in [0.2, 0.25) is 18.6 Å². The van der Waals surface area contributed by atoms with Crippen molar-refractivity contribution < 1.29 is 24.2 Å². The summed E-state index contributed by atoms with van der Waals surface area (Å²) in [5, 5.41) is 9.67. The molecule has 0 aromatic heterocycles. The molecule has 0 aliphatic carbocycles. The number of fused-ring (bicyclic) bond motifs is 2. The number of β-lactam (4-membered cyclic amide) rings is 1. The highest BCUT2D eigenvalue weighted by atomic mass is 28.4. The molecule has 2 fully saturated rings. The third kappa shape index (κ3) is 3.43. The largest absolute Gasteiger partial charge is 0.432 e. The number of hydrogen-bond donors (Lipinski definition) is 2. The minimum absolute atomic E-state index is 0.0557. The second kappa shape index (κ2) is 8.30. The molecule has 2 N–H and O–H groups in total. The summed E-state index contributed by atoms with van der Waals surface area (Å²) in [6.07, 6.45) is 0.601. The van der Waals surface area contributed by atoms with Crippen LogP contribution in [0.4, 0.5) is 11.4 Å². The van der Waals surface area contributed by atoms with Crippen LogP contribution in [0, 0.1) is 5.92 Å². The van der Waals surface area contributed by atoms with Crippen LogP contribution in [-0.4, -0.2) is 49.3 Å². The second-order valence-electron chi connectivity index (χ2n) is 10.2. The summed E-state index contributed by atoms with van der Waals surface area (Å²) >= 11 is 0. The summed E-state index contributed by atoms with van der Waals surface area (Å²) in [6, 6.07) is 15.5. The first-order valence-electron chi connectivity index (χ1n) is 12.0. The van der Waals surface area contributed by atoms with E-state index in [1.54, 1.807) is 9.80 Å². The number of ether oxygens (including phenoxy) is 1. The molecule has 7 nitrogen and oxygen atoms in total. The van der Waals surface area contributed by atoms with Crippen LogP contribution in [0.3, 0.4) is 0 Å². The Balaban J connectivity index is 1.49. The summed E-state index contributed by atoms with van der Waals surface area (Å²) in [4.78, 5) is 40.5. The van der Waals surface area contributed by atoms with Crippen molar-refractivity contribution >= 4 is 31.5 Å². The molecular formula is C26H32N2O5Si. The molecule has 34 heavy (non-hydrogen) atoms. The van der Waals surface area contributed by atoms with Crippen LogP contribution in [0.25, 0.3) is 0 Å². The maximum atomic E-state index is 14.1. The minimum Gasteiger partial charge on any atom is -0.432 e. The fraction of sp³-hybridized carbons (Fsp3) is 0.462. The van der Waals surface area contributed by atoms with E-state index < -0.39 is 13.9 Å². The van der Waals surface area contributed by atoms with E-state index in [9.17, 15) is 19.5 Å². The number of nitrogens with zero attached hydrogens (tertiary/aromatic N) is 2. The van der Waals surface area contributed by atoms with E-state index in [2.05, 4.69) is 0 Å². The van der Waals surface area contributed by atoms with Crippen molar-refractivity contribution in [3.05, 3.63) is 59.7 Å². The second-order valence-corrected chi connectivity index (χ2v) is 14.2. The predicted molar refractivity (Wildman–Crippen MR) is 132 cm³/mol. The molecule has 0 unspecified atom stereocenters. The van der Waals surface area contributed by atoms with Gasteiger partial charge in [-0.25, -0.2) is 0 Å². The van der Waals surface area contributed by atoms with Gasteiger partial charge in [-0.1, -0.05) is 37.3 Å². The van der Waals surface area contributed by atoms with Gasteiger partial charge in [0.2, 0.25) is 5.91 Å². The number of amides is 2. The SMILES string of the molecule is C[C@H]1[C@H]([Si](C)(C)O)[C@@H](CCO)O[C@]12C(=O)N(Cc1ccc(N3CCC3=O)cc1)c1ccccc12. The van der Waals surface area contributed by atoms with E-state index in [0.29, 0.717) is 19.4 Å². The fourth-order valence-electron chi connectivity index (χ4n) is 6.14. The van der Waals surface area contributed by atoms with Gasteiger partial charge in [-0.05, 0) is 43.3 Å². The molecule has 5 rings (SSSR count). The topological polar surface area (TPSA) is 90.3 Å². The van der Waals surface area contributed by atoms with Gasteiger partial charge in [0.25, 0.3) is 5.91 Å². The number of rotatable bonds is 6. The fourth-order valence-corrected chi connectivity index (χ4v) is 8.74. The van der Waals surface area contributed by atoms with Gasteiger partial charge < -0.3 is 24.4 Å². The molecule has 180 valence electrons. The monoisotopic (exact) mass is 480 g/mol. The Labute approximate surface area is 201 Å². The lowest BCUT2D eigenvalue weighted by molar-refractivity contribution is -0.146. The van der Waals surface area contributed by atoms with Crippen molar-refractivity contribution in [3.8, 4) is 0 Å². The molecule has 3 aliphatic heterocycles. The molecule has 8 heteroatoms. The summed E-state index contributed by atoms with van der Waals surface area (Å²) in [7, 11) is -2.69. The van der Waals surface area contributed by atoms with Gasteiger partial charge in [0.05, 0.1) is 18.3 Å². The van der Waals surface area contributed by atoms with Gasteiger partial charge >= 0.3 is 0 Å². The Hall–Kier alpha value is -2.52. The van der Waals surface area contributed by atoms with Crippen LogP contribution >= 0.6 is 0 Å². The smallest absolute Gasteiger partial charge is 0.264 e. The molecule has 2 aromatic rings. The zero-order valence-electron chi connectivity index (χ0n) is 19.9. The number of para-hydroxylation sites is 1. The molecule has 0 bridgehead atoms. The molecule has 0 radical (unpaired) electrons. The standard InChI is InChI=1S/C26H32N2O5Si/c1-17-24(34(2,3)32)22(13-15-29)33-26(17)20-6-4-5-7-21(20)28(25(26)31)16-18-8-10-19(11-9-18)27-14-12-23(27)30/h4-11,17,22,24,29,32H,12-16H2,1-3H3/t17-,22+,24-,26+/m0/s1. The van der Waals surface area contributed by atoms with E-state index in [4.69, 9.17) is 4.74 Å². The average Bonchev–Trinajstić information content (AvgIpc) is 3.21. The third-order valence-electron chi connectivity index (χ3n) is 7.74. The van der Waals surface area contributed by atoms with E-state index in [1.807, 2.05) is 68.5 Å². The van der Waals surface area contributed by atoms with E-state index >= 15 is 0 Å². The minimum atomic E-state index is -2.69. The van der Waals surface area contributed by atoms with Gasteiger partial charge in [0.1, 0.15) is 0 Å². The predicted octanol–water partition coefficient (Wildman–Crippen LogP) is 3.15. The molecule has 2 aromatic carbocycles.